The summed E-state index contributed by atoms with van der Waals surface area (Å²) in [4.78, 5) is 25.1. The molecular formula is C17H22F2N2O3. The predicted molar refractivity (Wildman–Crippen MR) is 84.4 cm³/mol. The maximum Gasteiger partial charge on any atom is 0.317 e. The normalized spacial score (nSPS) is 22.1. The number of halogens is 2. The number of rotatable bonds is 4. The summed E-state index contributed by atoms with van der Waals surface area (Å²) in [6.07, 6.45) is 0.909. The maximum absolute atomic E-state index is 13.9. The molecule has 0 spiro atoms. The topological polar surface area (TPSA) is 69.6 Å². The number of carboxylic acids is 1. The van der Waals surface area contributed by atoms with Crippen LogP contribution in [0.2, 0.25) is 0 Å². The number of urea groups is 1. The van der Waals surface area contributed by atoms with E-state index in [0.717, 1.165) is 18.2 Å². The van der Waals surface area contributed by atoms with Gasteiger partial charge in [0.2, 0.25) is 0 Å². The predicted octanol–water partition coefficient (Wildman–Crippen LogP) is 3.17. The van der Waals surface area contributed by atoms with Gasteiger partial charge in [0.05, 0.1) is 12.0 Å². The first-order valence-corrected chi connectivity index (χ1v) is 8.05. The van der Waals surface area contributed by atoms with Crippen molar-refractivity contribution < 1.29 is 23.5 Å². The van der Waals surface area contributed by atoms with Gasteiger partial charge in [-0.1, -0.05) is 13.8 Å². The van der Waals surface area contributed by atoms with Gasteiger partial charge in [-0.3, -0.25) is 4.79 Å². The Hall–Kier alpha value is -2.18. The fourth-order valence-corrected chi connectivity index (χ4v) is 3.12. The molecule has 2 N–H and O–H groups in total. The molecule has 0 aromatic heterocycles. The highest BCUT2D eigenvalue weighted by atomic mass is 19.1. The van der Waals surface area contributed by atoms with E-state index in [1.807, 2.05) is 6.92 Å². The van der Waals surface area contributed by atoms with Gasteiger partial charge in [0.15, 0.2) is 0 Å². The van der Waals surface area contributed by atoms with E-state index in [0.29, 0.717) is 19.4 Å². The molecule has 24 heavy (non-hydrogen) atoms. The molecule has 7 heteroatoms. The van der Waals surface area contributed by atoms with Crippen molar-refractivity contribution in [2.75, 3.05) is 13.1 Å². The van der Waals surface area contributed by atoms with Gasteiger partial charge in [0, 0.05) is 18.7 Å². The van der Waals surface area contributed by atoms with Gasteiger partial charge in [-0.2, -0.15) is 0 Å². The average Bonchev–Trinajstić information content (AvgIpc) is 2.54. The van der Waals surface area contributed by atoms with Crippen molar-refractivity contribution in [1.82, 2.24) is 10.2 Å². The highest BCUT2D eigenvalue weighted by molar-refractivity contribution is 5.77. The molecule has 1 heterocycles. The molecule has 5 nitrogen and oxygen atoms in total. The molecule has 2 rings (SSSR count). The lowest BCUT2D eigenvalue weighted by atomic mass is 9.91. The third kappa shape index (κ3) is 4.21. The summed E-state index contributed by atoms with van der Waals surface area (Å²) in [7, 11) is 0. The Morgan fingerprint density at radius 1 is 1.38 bits per heavy atom. The molecule has 3 atom stereocenters. The van der Waals surface area contributed by atoms with E-state index in [1.54, 1.807) is 6.92 Å². The van der Waals surface area contributed by atoms with Gasteiger partial charge < -0.3 is 15.3 Å². The van der Waals surface area contributed by atoms with Crippen LogP contribution in [0.25, 0.3) is 0 Å². The number of carbonyl (C=O) groups excluding carboxylic acids is 1. The monoisotopic (exact) mass is 340 g/mol. The standard InChI is InChI=1S/C17H22F2N2O3/c1-3-15(13-7-12(18)4-5-14(13)19)20-17(24)21-8-10(2)6-11(9-21)16(22)23/h4-5,7,10-11,15H,3,6,8-9H2,1-2H3,(H,20,24)(H,22,23). The number of aliphatic carboxylic acids is 1. The number of hydrogen-bond donors (Lipinski definition) is 2. The van der Waals surface area contributed by atoms with E-state index >= 15 is 0 Å². The molecule has 132 valence electrons. The van der Waals surface area contributed by atoms with Crippen molar-refractivity contribution in [3.8, 4) is 0 Å². The van der Waals surface area contributed by atoms with E-state index in [1.165, 1.54) is 4.90 Å². The van der Waals surface area contributed by atoms with Crippen LogP contribution in [0.1, 0.15) is 38.3 Å². The van der Waals surface area contributed by atoms with E-state index in [-0.39, 0.29) is 18.0 Å². The van der Waals surface area contributed by atoms with Crippen molar-refractivity contribution in [2.45, 2.75) is 32.7 Å². The first kappa shape index (κ1) is 18.2. The Bertz CT molecular complexity index is 624. The summed E-state index contributed by atoms with van der Waals surface area (Å²) in [6, 6.07) is 2.00. The maximum atomic E-state index is 13.9. The fraction of sp³-hybridized carbons (Fsp3) is 0.529. The SMILES string of the molecule is CCC(NC(=O)N1CC(C)CC(C(=O)O)C1)c1cc(F)ccc1F. The van der Waals surface area contributed by atoms with E-state index < -0.39 is 35.6 Å². The van der Waals surface area contributed by atoms with Crippen LogP contribution >= 0.6 is 0 Å². The molecule has 0 aliphatic carbocycles. The summed E-state index contributed by atoms with van der Waals surface area (Å²) >= 11 is 0. The minimum atomic E-state index is -0.928. The van der Waals surface area contributed by atoms with Crippen LogP contribution in [-0.4, -0.2) is 35.1 Å². The number of amides is 2. The zero-order chi connectivity index (χ0) is 17.9. The Balaban J connectivity index is 2.11. The lowest BCUT2D eigenvalue weighted by molar-refractivity contribution is -0.143. The van der Waals surface area contributed by atoms with Crippen LogP contribution in [0.3, 0.4) is 0 Å². The number of hydrogen-bond acceptors (Lipinski definition) is 2. The molecule has 1 aliphatic heterocycles. The number of carbonyl (C=O) groups is 2. The number of nitrogens with zero attached hydrogens (tertiary/aromatic N) is 1. The Morgan fingerprint density at radius 3 is 2.71 bits per heavy atom. The number of carboxylic acid groups (broad SMARTS) is 1. The zero-order valence-electron chi connectivity index (χ0n) is 13.8. The van der Waals surface area contributed by atoms with Gasteiger partial charge >= 0.3 is 12.0 Å². The quantitative estimate of drug-likeness (QED) is 0.884. The first-order chi connectivity index (χ1) is 11.3. The van der Waals surface area contributed by atoms with Crippen LogP contribution in [0, 0.1) is 23.5 Å². The minimum absolute atomic E-state index is 0.0663. The average molecular weight is 340 g/mol. The van der Waals surface area contributed by atoms with Crippen molar-refractivity contribution in [3.63, 3.8) is 0 Å². The van der Waals surface area contributed by atoms with Crippen LogP contribution in [0.15, 0.2) is 18.2 Å². The van der Waals surface area contributed by atoms with Gasteiger partial charge in [0.25, 0.3) is 0 Å². The summed E-state index contributed by atoms with van der Waals surface area (Å²) in [5.41, 5.74) is 0.0886. The Morgan fingerprint density at radius 2 is 2.08 bits per heavy atom. The lowest BCUT2D eigenvalue weighted by Crippen LogP contribution is -2.50. The molecule has 0 radical (unpaired) electrons. The molecule has 0 saturated carbocycles. The molecule has 3 unspecified atom stereocenters. The molecule has 0 bridgehead atoms. The third-order valence-electron chi connectivity index (χ3n) is 4.34. The highest BCUT2D eigenvalue weighted by Crippen LogP contribution is 2.24. The van der Waals surface area contributed by atoms with Crippen LogP contribution in [0.5, 0.6) is 0 Å². The van der Waals surface area contributed by atoms with Crippen LogP contribution in [0.4, 0.5) is 13.6 Å². The second-order valence-electron chi connectivity index (χ2n) is 6.36. The van der Waals surface area contributed by atoms with Crippen molar-refractivity contribution >= 4 is 12.0 Å². The molecule has 2 amide bonds. The molecule has 1 saturated heterocycles. The highest BCUT2D eigenvalue weighted by Gasteiger charge is 2.32. The summed E-state index contributed by atoms with van der Waals surface area (Å²) in [5, 5.41) is 11.9. The number of likely N-dealkylation sites (tertiary alicyclic amines) is 1. The van der Waals surface area contributed by atoms with Crippen LogP contribution < -0.4 is 5.32 Å². The van der Waals surface area contributed by atoms with Gasteiger partial charge in [-0.25, -0.2) is 13.6 Å². The number of piperidine rings is 1. The fourth-order valence-electron chi connectivity index (χ4n) is 3.12. The van der Waals surface area contributed by atoms with Gasteiger partial charge in [-0.15, -0.1) is 0 Å². The third-order valence-corrected chi connectivity index (χ3v) is 4.34. The molecule has 1 aliphatic rings. The smallest absolute Gasteiger partial charge is 0.317 e. The molecule has 1 aromatic rings. The van der Waals surface area contributed by atoms with E-state index in [9.17, 15) is 23.5 Å². The summed E-state index contributed by atoms with van der Waals surface area (Å²) in [5.74, 6) is -2.62. The van der Waals surface area contributed by atoms with Gasteiger partial charge in [0.1, 0.15) is 11.6 Å². The summed E-state index contributed by atoms with van der Waals surface area (Å²) in [6.45, 7) is 4.21. The lowest BCUT2D eigenvalue weighted by Gasteiger charge is -2.35. The number of benzene rings is 1. The van der Waals surface area contributed by atoms with E-state index in [2.05, 4.69) is 5.32 Å². The Labute approximate surface area is 139 Å². The second kappa shape index (κ2) is 7.59. The number of nitrogens with one attached hydrogen (secondary N) is 1. The minimum Gasteiger partial charge on any atom is -0.481 e. The van der Waals surface area contributed by atoms with E-state index in [4.69, 9.17) is 0 Å². The van der Waals surface area contributed by atoms with Crippen molar-refractivity contribution in [3.05, 3.63) is 35.4 Å². The largest absolute Gasteiger partial charge is 0.481 e. The molecule has 1 fully saturated rings. The Kier molecular flexibility index (Phi) is 5.75. The zero-order valence-corrected chi connectivity index (χ0v) is 13.8. The van der Waals surface area contributed by atoms with Crippen molar-refractivity contribution in [1.29, 1.82) is 0 Å². The van der Waals surface area contributed by atoms with Crippen LogP contribution in [-0.2, 0) is 4.79 Å². The van der Waals surface area contributed by atoms with Crippen molar-refractivity contribution in [2.24, 2.45) is 11.8 Å². The van der Waals surface area contributed by atoms with Gasteiger partial charge in [-0.05, 0) is 37.0 Å². The second-order valence-corrected chi connectivity index (χ2v) is 6.36. The molecule has 1 aromatic carbocycles. The first-order valence-electron chi connectivity index (χ1n) is 8.05. The molecular weight excluding hydrogens is 318 g/mol. The summed E-state index contributed by atoms with van der Waals surface area (Å²) < 4.78 is 27.3.